The topological polar surface area (TPSA) is 0 Å². The molecule has 4 rings (SSSR count). The van der Waals surface area contributed by atoms with Gasteiger partial charge >= 0.3 is 0 Å². The first kappa shape index (κ1) is 14.7. The molecule has 116 valence electrons. The Morgan fingerprint density at radius 1 is 1.18 bits per heavy atom. The fourth-order valence-electron chi connectivity index (χ4n) is 6.47. The van der Waals surface area contributed by atoms with Gasteiger partial charge < -0.3 is 0 Å². The molecule has 0 aliphatic heterocycles. The number of allylic oxidation sites excluding steroid dienone is 4. The van der Waals surface area contributed by atoms with Gasteiger partial charge in [0.25, 0.3) is 0 Å². The van der Waals surface area contributed by atoms with Crippen molar-refractivity contribution >= 4 is 17.1 Å². The van der Waals surface area contributed by atoms with Crippen molar-refractivity contribution in [1.82, 2.24) is 0 Å². The van der Waals surface area contributed by atoms with Gasteiger partial charge in [-0.3, -0.25) is 0 Å². The second kappa shape index (κ2) is 4.81. The molecule has 0 nitrogen and oxygen atoms in total. The summed E-state index contributed by atoms with van der Waals surface area (Å²) in [5.41, 5.74) is 2.25. The molecule has 0 aromatic rings. The minimum Gasteiger partial charge on any atom is -0.120 e. The van der Waals surface area contributed by atoms with E-state index >= 15 is 0 Å². The van der Waals surface area contributed by atoms with Crippen molar-refractivity contribution in [3.8, 4) is 12.3 Å². The van der Waals surface area contributed by atoms with Crippen LogP contribution in [0.25, 0.3) is 0 Å². The quantitative estimate of drug-likeness (QED) is 0.429. The van der Waals surface area contributed by atoms with Crippen molar-refractivity contribution in [2.75, 3.05) is 0 Å². The van der Waals surface area contributed by atoms with Crippen LogP contribution in [-0.2, 0) is 0 Å². The van der Waals surface area contributed by atoms with Crippen molar-refractivity contribution in [2.24, 2.45) is 34.5 Å². The summed E-state index contributed by atoms with van der Waals surface area (Å²) in [5, 5.41) is 0. The third-order valence-corrected chi connectivity index (χ3v) is 8.01. The maximum absolute atomic E-state index is 5.86. The van der Waals surface area contributed by atoms with Crippen LogP contribution in [-0.4, -0.2) is 4.86 Å². The van der Waals surface area contributed by atoms with Crippen LogP contribution in [0.3, 0.4) is 0 Å². The zero-order valence-corrected chi connectivity index (χ0v) is 14.6. The third kappa shape index (κ3) is 1.80. The highest BCUT2D eigenvalue weighted by molar-refractivity contribution is 7.81. The first-order chi connectivity index (χ1) is 10.5. The summed E-state index contributed by atoms with van der Waals surface area (Å²) in [5.74, 6) is 6.13. The van der Waals surface area contributed by atoms with Crippen molar-refractivity contribution in [3.05, 3.63) is 23.8 Å². The second-order valence-electron chi connectivity index (χ2n) is 8.44. The molecule has 0 saturated heterocycles. The molecule has 6 atom stereocenters. The highest BCUT2D eigenvalue weighted by Crippen LogP contribution is 2.65. The summed E-state index contributed by atoms with van der Waals surface area (Å²) in [4.78, 5) is 1.01. The van der Waals surface area contributed by atoms with E-state index in [1.807, 2.05) is 0 Å². The smallest absolute Gasteiger partial charge is 0.0374 e. The lowest BCUT2D eigenvalue weighted by molar-refractivity contribution is -0.0246. The number of hydrogen-bond acceptors (Lipinski definition) is 1. The predicted octanol–water partition coefficient (Wildman–Crippen LogP) is 5.34. The Labute approximate surface area is 140 Å². The molecular weight excluding hydrogens is 284 g/mol. The minimum absolute atomic E-state index is 0.251. The predicted molar refractivity (Wildman–Crippen MR) is 96.5 cm³/mol. The number of rotatable bonds is 0. The Morgan fingerprint density at radius 2 is 2.00 bits per heavy atom. The van der Waals surface area contributed by atoms with Gasteiger partial charge in [0.2, 0.25) is 0 Å². The lowest BCUT2D eigenvalue weighted by Gasteiger charge is -2.56. The van der Waals surface area contributed by atoms with Gasteiger partial charge in [-0.15, -0.1) is 12.3 Å². The Kier molecular flexibility index (Phi) is 3.22. The van der Waals surface area contributed by atoms with E-state index in [4.69, 9.17) is 18.6 Å². The fourth-order valence-corrected chi connectivity index (χ4v) is 6.68. The van der Waals surface area contributed by atoms with Crippen LogP contribution in [0.5, 0.6) is 0 Å². The number of fused-ring (bicyclic) bond motifs is 5. The molecule has 0 unspecified atom stereocenters. The van der Waals surface area contributed by atoms with Gasteiger partial charge in [0.15, 0.2) is 0 Å². The Balaban J connectivity index is 1.70. The highest BCUT2D eigenvalue weighted by atomic mass is 32.1. The molecule has 0 amide bonds. The normalized spacial score (nSPS) is 49.7. The van der Waals surface area contributed by atoms with Crippen molar-refractivity contribution in [2.45, 2.75) is 52.4 Å². The van der Waals surface area contributed by atoms with Crippen LogP contribution >= 0.6 is 12.2 Å². The first-order valence-electron chi connectivity index (χ1n) is 8.89. The molecule has 0 radical (unpaired) electrons. The maximum Gasteiger partial charge on any atom is 0.0374 e. The van der Waals surface area contributed by atoms with Crippen LogP contribution in [0.1, 0.15) is 52.4 Å². The van der Waals surface area contributed by atoms with Crippen LogP contribution in [0.2, 0.25) is 0 Å². The summed E-state index contributed by atoms with van der Waals surface area (Å²) in [6.45, 7) is 4.95. The average molecular weight is 311 g/mol. The minimum atomic E-state index is 0.251. The summed E-state index contributed by atoms with van der Waals surface area (Å²) >= 11 is 5.41. The molecule has 22 heavy (non-hydrogen) atoms. The van der Waals surface area contributed by atoms with Gasteiger partial charge in [0, 0.05) is 16.2 Å². The van der Waals surface area contributed by atoms with Gasteiger partial charge in [0.05, 0.1) is 0 Å². The number of terminal acetylenes is 1. The summed E-state index contributed by atoms with van der Waals surface area (Å²) in [6, 6.07) is 0. The summed E-state index contributed by atoms with van der Waals surface area (Å²) < 4.78 is 0. The molecule has 0 heterocycles. The van der Waals surface area contributed by atoms with E-state index in [1.165, 1.54) is 38.5 Å². The zero-order valence-electron chi connectivity index (χ0n) is 13.8. The molecule has 4 aliphatic carbocycles. The van der Waals surface area contributed by atoms with Gasteiger partial charge in [-0.25, -0.2) is 0 Å². The van der Waals surface area contributed by atoms with Crippen LogP contribution in [0, 0.1) is 46.8 Å². The van der Waals surface area contributed by atoms with E-state index in [0.717, 1.165) is 22.6 Å². The Morgan fingerprint density at radius 3 is 2.77 bits per heavy atom. The third-order valence-electron chi connectivity index (χ3n) is 7.76. The molecule has 0 bridgehead atoms. The molecule has 3 fully saturated rings. The van der Waals surface area contributed by atoms with Crippen LogP contribution < -0.4 is 0 Å². The lowest BCUT2D eigenvalue weighted by atomic mass is 9.48. The maximum atomic E-state index is 5.86. The van der Waals surface area contributed by atoms with E-state index in [2.05, 4.69) is 38.0 Å². The highest BCUT2D eigenvalue weighted by Gasteiger charge is 2.57. The van der Waals surface area contributed by atoms with Crippen LogP contribution in [0.15, 0.2) is 23.8 Å². The zero-order chi connectivity index (χ0) is 15.5. The van der Waals surface area contributed by atoms with Crippen molar-refractivity contribution < 1.29 is 0 Å². The Bertz CT molecular complexity index is 618. The number of thiocarbonyl (C=S) groups is 1. The second-order valence-corrected chi connectivity index (χ2v) is 8.92. The Hall–Kier alpha value is -0.870. The molecule has 4 aliphatic rings. The van der Waals surface area contributed by atoms with E-state index in [9.17, 15) is 0 Å². The van der Waals surface area contributed by atoms with Crippen LogP contribution in [0.4, 0.5) is 0 Å². The SMILES string of the molecule is C#C[C@H]1CC[C@H]2[C@@H]3CCC4=CC(=S)C=C[C@]4(C)[C@H]3CC[C@]12C. The molecule has 1 heteroatoms. The summed E-state index contributed by atoms with van der Waals surface area (Å²) in [6.07, 6.45) is 20.6. The van der Waals surface area contributed by atoms with Gasteiger partial charge in [-0.1, -0.05) is 37.7 Å². The van der Waals surface area contributed by atoms with E-state index in [-0.39, 0.29) is 5.41 Å². The lowest BCUT2D eigenvalue weighted by Crippen LogP contribution is -2.49. The molecule has 0 spiro atoms. The van der Waals surface area contributed by atoms with Gasteiger partial charge in [-0.2, -0.15) is 0 Å². The van der Waals surface area contributed by atoms with Crippen molar-refractivity contribution in [1.29, 1.82) is 0 Å². The monoisotopic (exact) mass is 310 g/mol. The molecule has 0 N–H and O–H groups in total. The molecule has 3 saturated carbocycles. The van der Waals surface area contributed by atoms with E-state index < -0.39 is 0 Å². The van der Waals surface area contributed by atoms with E-state index in [0.29, 0.717) is 11.3 Å². The average Bonchev–Trinajstić information content (AvgIpc) is 2.84. The van der Waals surface area contributed by atoms with Gasteiger partial charge in [0.1, 0.15) is 0 Å². The summed E-state index contributed by atoms with van der Waals surface area (Å²) in [7, 11) is 0. The molecular formula is C21H26S. The first-order valence-corrected chi connectivity index (χ1v) is 9.30. The van der Waals surface area contributed by atoms with E-state index in [1.54, 1.807) is 5.57 Å². The molecule has 0 aromatic carbocycles. The largest absolute Gasteiger partial charge is 0.120 e. The fraction of sp³-hybridized carbons (Fsp3) is 0.667. The standard InChI is InChI=1S/C21H26S/c1-4-14-6-8-18-17-7-5-15-13-16(22)9-11-21(15,3)19(17)10-12-20(14,18)2/h1,9,11,13-14,17-19H,5-8,10,12H2,2-3H3/t14-,17-,18-,19-,20+,21-/m0/s1. The van der Waals surface area contributed by atoms with Crippen molar-refractivity contribution in [3.63, 3.8) is 0 Å². The number of hydrogen-bond donors (Lipinski definition) is 0. The van der Waals surface area contributed by atoms with Gasteiger partial charge in [-0.05, 0) is 73.8 Å². The molecule has 0 aromatic heterocycles.